The topological polar surface area (TPSA) is 91.8 Å². The third kappa shape index (κ3) is 3.34. The maximum atomic E-state index is 15.8. The molecule has 3 N–H and O–H groups in total. The summed E-state index contributed by atoms with van der Waals surface area (Å²) in [6.07, 6.45) is 0.772. The predicted molar refractivity (Wildman–Crippen MR) is 125 cm³/mol. The van der Waals surface area contributed by atoms with Gasteiger partial charge in [0.2, 0.25) is 5.43 Å². The van der Waals surface area contributed by atoms with Crippen LogP contribution in [0.5, 0.6) is 0 Å². The van der Waals surface area contributed by atoms with Gasteiger partial charge < -0.3 is 9.99 Å². The number of nitrogens with one attached hydrogen (secondary N) is 3. The van der Waals surface area contributed by atoms with Crippen molar-refractivity contribution in [3.05, 3.63) is 56.0 Å². The van der Waals surface area contributed by atoms with Crippen molar-refractivity contribution in [2.45, 2.75) is 40.2 Å². The Labute approximate surface area is 182 Å². The molecule has 9 heteroatoms. The lowest BCUT2D eigenvalue weighted by atomic mass is 9.99. The number of hydrogen-bond acceptors (Lipinski definition) is 6. The molecule has 0 fully saturated rings. The second-order valence-electron chi connectivity index (χ2n) is 7.69. The number of fused-ring (bicyclic) bond motifs is 2. The fourth-order valence-corrected chi connectivity index (χ4v) is 4.98. The van der Waals surface area contributed by atoms with Crippen molar-refractivity contribution < 1.29 is 4.39 Å². The number of aryl methyl sites for hydroxylation is 2. The Kier molecular flexibility index (Phi) is 5.40. The predicted octanol–water partition coefficient (Wildman–Crippen LogP) is 4.24. The van der Waals surface area contributed by atoms with E-state index in [9.17, 15) is 9.59 Å². The van der Waals surface area contributed by atoms with E-state index in [0.717, 1.165) is 29.3 Å². The van der Waals surface area contributed by atoms with E-state index in [4.69, 9.17) is 0 Å². The summed E-state index contributed by atoms with van der Waals surface area (Å²) in [4.78, 5) is 30.7. The Morgan fingerprint density at radius 2 is 1.87 bits per heavy atom. The number of aromatic nitrogens is 3. The Bertz CT molecular complexity index is 1420. The quantitative estimate of drug-likeness (QED) is 0.403. The highest BCUT2D eigenvalue weighted by molar-refractivity contribution is 7.12. The van der Waals surface area contributed by atoms with Gasteiger partial charge in [-0.2, -0.15) is 0 Å². The lowest BCUT2D eigenvalue weighted by molar-refractivity contribution is 0.562. The fourth-order valence-electron chi connectivity index (χ4n) is 4.03. The van der Waals surface area contributed by atoms with E-state index in [-0.39, 0.29) is 22.5 Å². The minimum Gasteiger partial charge on any atom is -0.328 e. The summed E-state index contributed by atoms with van der Waals surface area (Å²) < 4.78 is 20.4. The number of hydrazine groups is 1. The molecule has 31 heavy (non-hydrogen) atoms. The maximum Gasteiger partial charge on any atom is 0.271 e. The van der Waals surface area contributed by atoms with Crippen LogP contribution in [0.1, 0.15) is 37.7 Å². The zero-order chi connectivity index (χ0) is 22.4. The molecule has 0 aliphatic rings. The van der Waals surface area contributed by atoms with Gasteiger partial charge in [-0.3, -0.25) is 18.9 Å². The number of pyridine rings is 2. The summed E-state index contributed by atoms with van der Waals surface area (Å²) in [5.41, 5.74) is 7.76. The van der Waals surface area contributed by atoms with Crippen LogP contribution in [0.3, 0.4) is 0 Å². The van der Waals surface area contributed by atoms with Crippen LogP contribution in [0, 0.1) is 19.7 Å². The summed E-state index contributed by atoms with van der Waals surface area (Å²) in [6, 6.07) is 5.33. The van der Waals surface area contributed by atoms with E-state index in [0.29, 0.717) is 21.5 Å². The molecular weight excluding hydrogens is 417 g/mol. The Hall–Kier alpha value is -3.04. The van der Waals surface area contributed by atoms with Crippen LogP contribution in [0.4, 0.5) is 10.1 Å². The zero-order valence-corrected chi connectivity index (χ0v) is 18.8. The number of nitrogens with zero attached hydrogens (tertiary/aromatic N) is 2. The normalized spacial score (nSPS) is 12.6. The molecule has 0 spiro atoms. The lowest BCUT2D eigenvalue weighted by Crippen LogP contribution is -2.22. The molecule has 0 aliphatic heterocycles. The van der Waals surface area contributed by atoms with Gasteiger partial charge in [-0.05, 0) is 62.5 Å². The van der Waals surface area contributed by atoms with Crippen molar-refractivity contribution in [2.75, 3.05) is 12.5 Å². The third-order valence-electron chi connectivity index (χ3n) is 5.53. The first kappa shape index (κ1) is 21.2. The largest absolute Gasteiger partial charge is 0.328 e. The number of benzene rings is 1. The minimum absolute atomic E-state index is 0.0151. The molecule has 162 valence electrons. The van der Waals surface area contributed by atoms with Gasteiger partial charge in [0.25, 0.3) is 5.56 Å². The Morgan fingerprint density at radius 1 is 1.19 bits per heavy atom. The van der Waals surface area contributed by atoms with Crippen LogP contribution in [0.2, 0.25) is 0 Å². The van der Waals surface area contributed by atoms with Gasteiger partial charge in [-0.15, -0.1) is 0 Å². The summed E-state index contributed by atoms with van der Waals surface area (Å²) in [6.45, 7) is 7.77. The first-order valence-corrected chi connectivity index (χ1v) is 10.9. The summed E-state index contributed by atoms with van der Waals surface area (Å²) in [5, 5.41) is 0.203. The molecule has 4 rings (SSSR count). The lowest BCUT2D eigenvalue weighted by Gasteiger charge is -2.21. The highest BCUT2D eigenvalue weighted by Gasteiger charge is 2.24. The molecule has 0 saturated heterocycles. The molecule has 0 amide bonds. The Balaban J connectivity index is 2.26. The number of H-pyrrole nitrogens is 1. The van der Waals surface area contributed by atoms with Gasteiger partial charge >= 0.3 is 0 Å². The maximum absolute atomic E-state index is 15.8. The van der Waals surface area contributed by atoms with Gasteiger partial charge in [0.15, 0.2) is 5.82 Å². The van der Waals surface area contributed by atoms with E-state index in [2.05, 4.69) is 20.2 Å². The molecule has 3 aromatic heterocycles. The standard InChI is InChI=1S/C22H24FN5O2S/c1-6-12(4)28-15-9-14(13-7-10(2)25-11(3)8-13)18(23)19(26-24-5)16(15)20(29)17-21(30)27-31-22(17)28/h7-9,12,24,26H,6H2,1-5H3,(H,27,30). The van der Waals surface area contributed by atoms with Crippen LogP contribution in [0.15, 0.2) is 27.8 Å². The Morgan fingerprint density at radius 3 is 2.48 bits per heavy atom. The van der Waals surface area contributed by atoms with Gasteiger partial charge in [-0.1, -0.05) is 6.92 Å². The number of rotatable bonds is 5. The average Bonchev–Trinajstić information content (AvgIpc) is 3.10. The number of anilines is 1. The van der Waals surface area contributed by atoms with Crippen LogP contribution in [0.25, 0.3) is 32.2 Å². The van der Waals surface area contributed by atoms with Crippen molar-refractivity contribution in [3.63, 3.8) is 0 Å². The highest BCUT2D eigenvalue weighted by atomic mass is 32.1. The molecule has 7 nitrogen and oxygen atoms in total. The second kappa shape index (κ2) is 7.90. The smallest absolute Gasteiger partial charge is 0.271 e. The van der Waals surface area contributed by atoms with E-state index in [1.165, 1.54) is 0 Å². The monoisotopic (exact) mass is 441 g/mol. The van der Waals surface area contributed by atoms with Crippen LogP contribution >= 0.6 is 11.5 Å². The number of halogens is 1. The molecule has 0 saturated carbocycles. The molecule has 3 heterocycles. The summed E-state index contributed by atoms with van der Waals surface area (Å²) in [7, 11) is 1.60. The number of aromatic amines is 1. The van der Waals surface area contributed by atoms with Crippen LogP contribution in [-0.4, -0.2) is 21.0 Å². The van der Waals surface area contributed by atoms with Gasteiger partial charge in [0, 0.05) is 30.0 Å². The van der Waals surface area contributed by atoms with Gasteiger partial charge in [0.05, 0.1) is 16.6 Å². The molecular formula is C22H24FN5O2S. The fraction of sp³-hybridized carbons (Fsp3) is 0.318. The highest BCUT2D eigenvalue weighted by Crippen LogP contribution is 2.37. The third-order valence-corrected chi connectivity index (χ3v) is 6.41. The van der Waals surface area contributed by atoms with Gasteiger partial charge in [0.1, 0.15) is 10.2 Å². The van der Waals surface area contributed by atoms with Gasteiger partial charge in [-0.25, -0.2) is 9.82 Å². The molecule has 1 unspecified atom stereocenters. The molecule has 1 aromatic carbocycles. The second-order valence-corrected chi connectivity index (χ2v) is 8.49. The van der Waals surface area contributed by atoms with E-state index >= 15 is 4.39 Å². The molecule has 0 bridgehead atoms. The van der Waals surface area contributed by atoms with Crippen molar-refractivity contribution in [3.8, 4) is 11.1 Å². The zero-order valence-electron chi connectivity index (χ0n) is 18.0. The molecule has 1 atom stereocenters. The summed E-state index contributed by atoms with van der Waals surface area (Å²) in [5.74, 6) is -0.564. The van der Waals surface area contributed by atoms with Crippen molar-refractivity contribution in [2.24, 2.45) is 0 Å². The van der Waals surface area contributed by atoms with Crippen molar-refractivity contribution in [1.29, 1.82) is 0 Å². The molecule has 0 aliphatic carbocycles. The minimum atomic E-state index is -0.564. The first-order chi connectivity index (χ1) is 14.8. The van der Waals surface area contributed by atoms with Crippen molar-refractivity contribution in [1.82, 2.24) is 19.4 Å². The van der Waals surface area contributed by atoms with E-state index in [1.54, 1.807) is 13.1 Å². The first-order valence-electron chi connectivity index (χ1n) is 10.1. The van der Waals surface area contributed by atoms with E-state index < -0.39 is 16.8 Å². The number of hydrogen-bond donors (Lipinski definition) is 3. The van der Waals surface area contributed by atoms with Crippen molar-refractivity contribution >= 4 is 38.3 Å². The summed E-state index contributed by atoms with van der Waals surface area (Å²) >= 11 is 1.13. The molecule has 0 radical (unpaired) electrons. The average molecular weight is 442 g/mol. The van der Waals surface area contributed by atoms with E-state index in [1.807, 2.05) is 44.4 Å². The SMILES string of the molecule is CCC(C)n1c2cc(-c3cc(C)nc(C)c3)c(F)c(NNC)c2c(=O)c2c(=O)[nH]sc21. The molecule has 4 aromatic rings. The van der Waals surface area contributed by atoms with Crippen LogP contribution in [-0.2, 0) is 0 Å². The van der Waals surface area contributed by atoms with Crippen LogP contribution < -0.4 is 21.8 Å².